The van der Waals surface area contributed by atoms with Crippen LogP contribution in [0.5, 0.6) is 0 Å². The molecule has 0 spiro atoms. The number of nitrogens with zero attached hydrogens (tertiary/aromatic N) is 2. The van der Waals surface area contributed by atoms with Gasteiger partial charge in [-0.3, -0.25) is 0 Å². The summed E-state index contributed by atoms with van der Waals surface area (Å²) in [4.78, 5) is 0. The molecule has 1 rings (SSSR count). The monoisotopic (exact) mass is 191 g/mol. The Morgan fingerprint density at radius 2 is 2.00 bits per heavy atom. The van der Waals surface area contributed by atoms with Crippen molar-refractivity contribution in [3.05, 3.63) is 35.9 Å². The molecule has 0 unspecified atom stereocenters. The highest BCUT2D eigenvalue weighted by molar-refractivity contribution is 5.87. The first kappa shape index (κ1) is 10.3. The smallest absolute Gasteiger partial charge is 0.186 e. The first-order valence-corrected chi connectivity index (χ1v) is 4.22. The molecule has 0 bridgehead atoms. The Balaban J connectivity index is 2.66. The summed E-state index contributed by atoms with van der Waals surface area (Å²) in [5, 5.41) is 6.49. The molecule has 0 fully saturated rings. The van der Waals surface area contributed by atoms with Crippen molar-refractivity contribution in [3.63, 3.8) is 0 Å². The molecule has 0 saturated heterocycles. The lowest BCUT2D eigenvalue weighted by atomic mass is 10.1. The first-order valence-electron chi connectivity index (χ1n) is 4.22. The highest BCUT2D eigenvalue weighted by Gasteiger charge is 2.10. The average Bonchev–Trinajstić information content (AvgIpc) is 2.21. The Morgan fingerprint density at radius 1 is 1.36 bits per heavy atom. The van der Waals surface area contributed by atoms with Crippen LogP contribution in [0.15, 0.2) is 40.5 Å². The molecule has 0 aliphatic heterocycles. The quantitative estimate of drug-likeness (QED) is 0.217. The Morgan fingerprint density at radius 3 is 2.50 bits per heavy atom. The number of hydrazone groups is 1. The van der Waals surface area contributed by atoms with E-state index in [1.54, 1.807) is 0 Å². The van der Waals surface area contributed by atoms with Crippen LogP contribution in [-0.2, 0) is 6.42 Å². The van der Waals surface area contributed by atoms with Crippen molar-refractivity contribution in [2.24, 2.45) is 21.8 Å². The molecule has 5 heteroatoms. The van der Waals surface area contributed by atoms with Gasteiger partial charge in [0.25, 0.3) is 0 Å². The summed E-state index contributed by atoms with van der Waals surface area (Å²) in [5.74, 6) is 5.19. The van der Waals surface area contributed by atoms with E-state index in [0.29, 0.717) is 6.42 Å². The van der Waals surface area contributed by atoms with Gasteiger partial charge < -0.3 is 11.6 Å². The molecule has 14 heavy (non-hydrogen) atoms. The van der Waals surface area contributed by atoms with E-state index < -0.39 is 6.04 Å². The van der Waals surface area contributed by atoms with Crippen LogP contribution in [0.4, 0.5) is 0 Å². The normalized spacial score (nSPS) is 13.6. The van der Waals surface area contributed by atoms with E-state index in [9.17, 15) is 0 Å². The Kier molecular flexibility index (Phi) is 3.75. The Hall–Kier alpha value is -1.75. The zero-order chi connectivity index (χ0) is 10.4. The molecule has 0 saturated carbocycles. The van der Waals surface area contributed by atoms with Crippen molar-refractivity contribution in [2.45, 2.75) is 12.5 Å². The minimum absolute atomic E-state index is 0.161. The second-order valence-corrected chi connectivity index (χ2v) is 2.90. The van der Waals surface area contributed by atoms with Crippen LogP contribution in [0.2, 0.25) is 0 Å². The van der Waals surface area contributed by atoms with Gasteiger partial charge in [-0.05, 0) is 12.0 Å². The molecule has 0 aromatic heterocycles. The Labute approximate surface area is 82.3 Å². The van der Waals surface area contributed by atoms with Crippen LogP contribution >= 0.6 is 0 Å². The maximum absolute atomic E-state index is 6.79. The number of benzene rings is 1. The maximum atomic E-state index is 6.79. The molecular formula is C9H13N5. The second-order valence-electron chi connectivity index (χ2n) is 2.90. The summed E-state index contributed by atoms with van der Waals surface area (Å²) in [6, 6.07) is 9.29. The van der Waals surface area contributed by atoms with Crippen LogP contribution in [-0.4, -0.2) is 11.9 Å². The third kappa shape index (κ3) is 2.63. The zero-order valence-corrected chi connectivity index (χ0v) is 7.72. The van der Waals surface area contributed by atoms with E-state index in [1.165, 1.54) is 0 Å². The Bertz CT molecular complexity index is 319. The number of nitrogens with one attached hydrogen (secondary N) is 1. The molecule has 5 nitrogen and oxygen atoms in total. The summed E-state index contributed by atoms with van der Waals surface area (Å²) < 4.78 is 0. The van der Waals surface area contributed by atoms with E-state index in [0.717, 1.165) is 5.56 Å². The molecule has 5 N–H and O–H groups in total. The van der Waals surface area contributed by atoms with Gasteiger partial charge in [0.15, 0.2) is 5.84 Å². The van der Waals surface area contributed by atoms with Gasteiger partial charge in [0, 0.05) is 0 Å². The number of hydrogen-bond donors (Lipinski definition) is 3. The van der Waals surface area contributed by atoms with Gasteiger partial charge in [0.05, 0.1) is 6.04 Å². The minimum atomic E-state index is -0.417. The van der Waals surface area contributed by atoms with E-state index in [-0.39, 0.29) is 5.84 Å². The fourth-order valence-corrected chi connectivity index (χ4v) is 1.17. The van der Waals surface area contributed by atoms with Gasteiger partial charge in [-0.2, -0.15) is 5.10 Å². The maximum Gasteiger partial charge on any atom is 0.186 e. The van der Waals surface area contributed by atoms with E-state index in [1.807, 2.05) is 30.3 Å². The number of hydrogen-bond acceptors (Lipinski definition) is 4. The molecule has 74 valence electrons. The second kappa shape index (κ2) is 5.08. The largest absolute Gasteiger partial charge is 0.321 e. The van der Waals surface area contributed by atoms with Crippen LogP contribution in [0, 0.1) is 5.53 Å². The lowest BCUT2D eigenvalue weighted by molar-refractivity contribution is 0.823. The SMILES string of the molecule is N=N/C(=N\N)[C@@H](N)Cc1ccccc1. The standard InChI is InChI=1S/C9H13N5/c10-8(9(13-11)14-12)6-7-4-2-1-3-5-7/h1-5,8,11H,6,10,12H2/b13-11?,14-9-/t8-/m0/s1. The third-order valence-electron chi connectivity index (χ3n) is 1.88. The lowest BCUT2D eigenvalue weighted by Crippen LogP contribution is -2.32. The first-order chi connectivity index (χ1) is 6.77. The van der Waals surface area contributed by atoms with Gasteiger partial charge >= 0.3 is 0 Å². The van der Waals surface area contributed by atoms with E-state index >= 15 is 0 Å². The van der Waals surface area contributed by atoms with Crippen molar-refractivity contribution < 1.29 is 0 Å². The molecule has 1 atom stereocenters. The van der Waals surface area contributed by atoms with Crippen molar-refractivity contribution in [2.75, 3.05) is 0 Å². The molecule has 0 aliphatic carbocycles. The molecule has 0 radical (unpaired) electrons. The van der Waals surface area contributed by atoms with Gasteiger partial charge in [-0.1, -0.05) is 30.3 Å². The van der Waals surface area contributed by atoms with Crippen molar-refractivity contribution >= 4 is 5.84 Å². The van der Waals surface area contributed by atoms with E-state index in [2.05, 4.69) is 10.2 Å². The molecule has 1 aromatic carbocycles. The topological polar surface area (TPSA) is 101 Å². The highest BCUT2D eigenvalue weighted by Crippen LogP contribution is 2.03. The molecule has 0 amide bonds. The van der Waals surface area contributed by atoms with Crippen molar-refractivity contribution in [1.29, 1.82) is 5.53 Å². The van der Waals surface area contributed by atoms with E-state index in [4.69, 9.17) is 17.1 Å². The van der Waals surface area contributed by atoms with Gasteiger partial charge in [-0.25, -0.2) is 5.53 Å². The average molecular weight is 191 g/mol. The third-order valence-corrected chi connectivity index (χ3v) is 1.88. The number of nitrogens with two attached hydrogens (primary N) is 2. The summed E-state index contributed by atoms with van der Waals surface area (Å²) >= 11 is 0. The molecule has 1 aromatic rings. The number of amidine groups is 1. The zero-order valence-electron chi connectivity index (χ0n) is 7.72. The fourth-order valence-electron chi connectivity index (χ4n) is 1.17. The summed E-state index contributed by atoms with van der Waals surface area (Å²) in [6.07, 6.45) is 0.583. The van der Waals surface area contributed by atoms with Gasteiger partial charge in [0.1, 0.15) is 0 Å². The molecule has 0 aliphatic rings. The predicted octanol–water partition coefficient (Wildman–Crippen LogP) is 0.860. The molecule has 0 heterocycles. The number of rotatable bonds is 3. The van der Waals surface area contributed by atoms with Crippen molar-refractivity contribution in [1.82, 2.24) is 0 Å². The van der Waals surface area contributed by atoms with Crippen LogP contribution in [0.3, 0.4) is 0 Å². The summed E-state index contributed by atoms with van der Waals surface area (Å²) in [5.41, 5.74) is 13.6. The minimum Gasteiger partial charge on any atom is -0.321 e. The molecular weight excluding hydrogens is 178 g/mol. The van der Waals surface area contributed by atoms with Gasteiger partial charge in [0.2, 0.25) is 0 Å². The predicted molar refractivity (Wildman–Crippen MR) is 54.9 cm³/mol. The summed E-state index contributed by atoms with van der Waals surface area (Å²) in [7, 11) is 0. The summed E-state index contributed by atoms with van der Waals surface area (Å²) in [6.45, 7) is 0. The lowest BCUT2D eigenvalue weighted by Gasteiger charge is -2.08. The van der Waals surface area contributed by atoms with Crippen LogP contribution in [0.1, 0.15) is 5.56 Å². The van der Waals surface area contributed by atoms with Crippen molar-refractivity contribution in [3.8, 4) is 0 Å². The highest BCUT2D eigenvalue weighted by atomic mass is 15.2. The van der Waals surface area contributed by atoms with Crippen LogP contribution in [0.25, 0.3) is 0 Å². The van der Waals surface area contributed by atoms with Crippen LogP contribution < -0.4 is 11.6 Å². The van der Waals surface area contributed by atoms with Gasteiger partial charge in [-0.15, -0.1) is 5.11 Å². The fraction of sp³-hybridized carbons (Fsp3) is 0.222.